The van der Waals surface area contributed by atoms with Crippen molar-refractivity contribution in [2.24, 2.45) is 0 Å². The van der Waals surface area contributed by atoms with E-state index in [1.807, 2.05) is 61.6 Å². The highest BCUT2D eigenvalue weighted by Crippen LogP contribution is 2.29. The summed E-state index contributed by atoms with van der Waals surface area (Å²) >= 11 is 0. The number of hydrogen-bond acceptors (Lipinski definition) is 3. The molecule has 0 unspecified atom stereocenters. The molecule has 0 aliphatic heterocycles. The molecule has 4 nitrogen and oxygen atoms in total. The fraction of sp³-hybridized carbons (Fsp3) is 0.381. The Labute approximate surface area is 149 Å². The molecule has 1 aliphatic rings. The molecule has 1 N–H and O–H groups in total. The van der Waals surface area contributed by atoms with Crippen molar-refractivity contribution in [3.63, 3.8) is 0 Å². The second kappa shape index (κ2) is 8.67. The van der Waals surface area contributed by atoms with Crippen LogP contribution in [0.1, 0.15) is 32.1 Å². The number of hydrogen-bond donors (Lipinski definition) is 1. The summed E-state index contributed by atoms with van der Waals surface area (Å²) in [5, 5.41) is 3.00. The first-order valence-electron chi connectivity index (χ1n) is 9.04. The minimum atomic E-state index is -0.00261. The number of rotatable bonds is 6. The van der Waals surface area contributed by atoms with E-state index in [0.717, 1.165) is 5.75 Å². The minimum Gasteiger partial charge on any atom is -0.455 e. The normalized spacial score (nSPS) is 15.1. The average molecular weight is 338 g/mol. The van der Waals surface area contributed by atoms with E-state index in [9.17, 15) is 4.79 Å². The summed E-state index contributed by atoms with van der Waals surface area (Å²) in [7, 11) is 2.04. The lowest BCUT2D eigenvalue weighted by Crippen LogP contribution is -2.39. The fourth-order valence-corrected chi connectivity index (χ4v) is 3.34. The highest BCUT2D eigenvalue weighted by molar-refractivity contribution is 5.93. The van der Waals surface area contributed by atoms with E-state index < -0.39 is 0 Å². The van der Waals surface area contributed by atoms with Crippen LogP contribution in [0.3, 0.4) is 0 Å². The third-order valence-corrected chi connectivity index (χ3v) is 4.72. The number of ether oxygens (including phenoxy) is 1. The Morgan fingerprint density at radius 3 is 2.48 bits per heavy atom. The monoisotopic (exact) mass is 338 g/mol. The van der Waals surface area contributed by atoms with E-state index in [1.54, 1.807) is 0 Å². The van der Waals surface area contributed by atoms with Crippen LogP contribution >= 0.6 is 0 Å². The van der Waals surface area contributed by atoms with Crippen LogP contribution in [0.5, 0.6) is 11.5 Å². The number of amides is 1. The summed E-state index contributed by atoms with van der Waals surface area (Å²) in [5.74, 6) is 1.41. The molecule has 0 aromatic heterocycles. The third-order valence-electron chi connectivity index (χ3n) is 4.72. The van der Waals surface area contributed by atoms with Gasteiger partial charge in [-0.1, -0.05) is 49.6 Å². The van der Waals surface area contributed by atoms with E-state index in [1.165, 1.54) is 32.1 Å². The summed E-state index contributed by atoms with van der Waals surface area (Å²) in [4.78, 5) is 14.6. The molecule has 2 aromatic rings. The molecule has 0 radical (unpaired) electrons. The Morgan fingerprint density at radius 2 is 1.72 bits per heavy atom. The minimum absolute atomic E-state index is 0.00261. The summed E-state index contributed by atoms with van der Waals surface area (Å²) in [6.45, 7) is 0.407. The van der Waals surface area contributed by atoms with Crippen molar-refractivity contribution in [1.82, 2.24) is 4.90 Å². The molecule has 0 saturated heterocycles. The Bertz CT molecular complexity index is 681. The molecular weight excluding hydrogens is 312 g/mol. The maximum atomic E-state index is 12.5. The van der Waals surface area contributed by atoms with E-state index in [4.69, 9.17) is 4.74 Å². The van der Waals surface area contributed by atoms with E-state index in [2.05, 4.69) is 10.2 Å². The number of carbonyl (C=O) groups is 1. The average Bonchev–Trinajstić information content (AvgIpc) is 2.65. The van der Waals surface area contributed by atoms with Crippen molar-refractivity contribution in [3.05, 3.63) is 54.6 Å². The zero-order valence-electron chi connectivity index (χ0n) is 14.8. The predicted octanol–water partition coefficient (Wildman–Crippen LogP) is 4.68. The molecule has 1 saturated carbocycles. The van der Waals surface area contributed by atoms with Gasteiger partial charge in [0.2, 0.25) is 5.91 Å². The Kier molecular flexibility index (Phi) is 6.07. The van der Waals surface area contributed by atoms with Gasteiger partial charge in [0.05, 0.1) is 12.2 Å². The highest BCUT2D eigenvalue weighted by atomic mass is 16.5. The van der Waals surface area contributed by atoms with Gasteiger partial charge in [0, 0.05) is 6.04 Å². The molecule has 0 heterocycles. The standard InChI is InChI=1S/C21H26N2O2/c1-23(17-10-4-2-5-11-17)16-21(24)22-19-14-8-9-15-20(19)25-18-12-6-3-7-13-18/h3,6-9,12-15,17H,2,4-5,10-11,16H2,1H3,(H,22,24). The number of benzene rings is 2. The maximum absolute atomic E-state index is 12.5. The van der Waals surface area contributed by atoms with Crippen molar-refractivity contribution in [2.75, 3.05) is 18.9 Å². The maximum Gasteiger partial charge on any atom is 0.238 e. The molecule has 0 spiro atoms. The summed E-state index contributed by atoms with van der Waals surface area (Å²) in [6, 6.07) is 17.7. The van der Waals surface area contributed by atoms with Crippen LogP contribution in [0, 0.1) is 0 Å². The SMILES string of the molecule is CN(CC(=O)Nc1ccccc1Oc1ccccc1)C1CCCCC1. The van der Waals surface area contributed by atoms with E-state index in [-0.39, 0.29) is 5.91 Å². The zero-order valence-corrected chi connectivity index (χ0v) is 14.8. The van der Waals surface area contributed by atoms with Gasteiger partial charge in [0.25, 0.3) is 0 Å². The van der Waals surface area contributed by atoms with Crippen LogP contribution in [0.15, 0.2) is 54.6 Å². The van der Waals surface area contributed by atoms with Crippen molar-refractivity contribution < 1.29 is 9.53 Å². The van der Waals surface area contributed by atoms with Gasteiger partial charge in [-0.15, -0.1) is 0 Å². The molecule has 1 fully saturated rings. The van der Waals surface area contributed by atoms with Gasteiger partial charge in [-0.05, 0) is 44.2 Å². The van der Waals surface area contributed by atoms with Crippen molar-refractivity contribution in [3.8, 4) is 11.5 Å². The summed E-state index contributed by atoms with van der Waals surface area (Å²) in [6.07, 6.45) is 6.24. The number of likely N-dealkylation sites (N-methyl/N-ethyl adjacent to an activating group) is 1. The Morgan fingerprint density at radius 1 is 1.04 bits per heavy atom. The number of nitrogens with zero attached hydrogens (tertiary/aromatic N) is 1. The molecule has 0 atom stereocenters. The lowest BCUT2D eigenvalue weighted by Gasteiger charge is -2.30. The summed E-state index contributed by atoms with van der Waals surface area (Å²) in [5.41, 5.74) is 0.702. The molecule has 0 bridgehead atoms. The van der Waals surface area contributed by atoms with Gasteiger partial charge in [-0.25, -0.2) is 0 Å². The molecule has 25 heavy (non-hydrogen) atoms. The summed E-state index contributed by atoms with van der Waals surface area (Å²) < 4.78 is 5.90. The van der Waals surface area contributed by atoms with Crippen molar-refractivity contribution in [2.45, 2.75) is 38.1 Å². The molecule has 3 rings (SSSR count). The number of para-hydroxylation sites is 3. The first kappa shape index (κ1) is 17.5. The highest BCUT2D eigenvalue weighted by Gasteiger charge is 2.20. The molecule has 132 valence electrons. The van der Waals surface area contributed by atoms with Gasteiger partial charge in [-0.2, -0.15) is 0 Å². The number of carbonyl (C=O) groups excluding carboxylic acids is 1. The first-order valence-corrected chi connectivity index (χ1v) is 9.04. The van der Waals surface area contributed by atoms with Crippen LogP contribution in [0.25, 0.3) is 0 Å². The molecule has 4 heteroatoms. The van der Waals surface area contributed by atoms with Gasteiger partial charge < -0.3 is 10.1 Å². The second-order valence-electron chi connectivity index (χ2n) is 6.67. The fourth-order valence-electron chi connectivity index (χ4n) is 3.34. The van der Waals surface area contributed by atoms with Gasteiger partial charge >= 0.3 is 0 Å². The third kappa shape index (κ3) is 5.07. The second-order valence-corrected chi connectivity index (χ2v) is 6.67. The largest absolute Gasteiger partial charge is 0.455 e. The zero-order chi connectivity index (χ0) is 17.5. The number of anilines is 1. The smallest absolute Gasteiger partial charge is 0.238 e. The Hall–Kier alpha value is -2.33. The van der Waals surface area contributed by atoms with E-state index >= 15 is 0 Å². The van der Waals surface area contributed by atoms with Gasteiger partial charge in [0.1, 0.15) is 5.75 Å². The van der Waals surface area contributed by atoms with Gasteiger partial charge in [-0.3, -0.25) is 9.69 Å². The molecule has 1 amide bonds. The lowest BCUT2D eigenvalue weighted by molar-refractivity contribution is -0.117. The Balaban J connectivity index is 1.61. The molecular formula is C21H26N2O2. The predicted molar refractivity (Wildman–Crippen MR) is 101 cm³/mol. The molecule has 2 aromatic carbocycles. The number of nitrogens with one attached hydrogen (secondary N) is 1. The molecule has 1 aliphatic carbocycles. The van der Waals surface area contributed by atoms with Crippen LogP contribution in [0.2, 0.25) is 0 Å². The first-order chi connectivity index (χ1) is 12.2. The van der Waals surface area contributed by atoms with Gasteiger partial charge in [0.15, 0.2) is 5.75 Å². The van der Waals surface area contributed by atoms with Crippen molar-refractivity contribution >= 4 is 11.6 Å². The quantitative estimate of drug-likeness (QED) is 0.831. The van der Waals surface area contributed by atoms with Crippen LogP contribution < -0.4 is 10.1 Å². The topological polar surface area (TPSA) is 41.6 Å². The van der Waals surface area contributed by atoms with Crippen LogP contribution in [0.4, 0.5) is 5.69 Å². The van der Waals surface area contributed by atoms with Crippen LogP contribution in [-0.2, 0) is 4.79 Å². The van der Waals surface area contributed by atoms with Crippen LogP contribution in [-0.4, -0.2) is 30.4 Å². The van der Waals surface area contributed by atoms with E-state index in [0.29, 0.717) is 24.0 Å². The lowest BCUT2D eigenvalue weighted by atomic mass is 9.94. The van der Waals surface area contributed by atoms with Crippen molar-refractivity contribution in [1.29, 1.82) is 0 Å².